The maximum Gasteiger partial charge on any atom is 0.123 e. The maximum atomic E-state index is 13.2. The molecule has 0 saturated heterocycles. The van der Waals surface area contributed by atoms with E-state index in [9.17, 15) is 9.50 Å². The molecule has 0 aliphatic rings. The Morgan fingerprint density at radius 3 is 2.56 bits per heavy atom. The van der Waals surface area contributed by atoms with E-state index in [-0.39, 0.29) is 18.3 Å². The number of hydrogen-bond acceptors (Lipinski definition) is 1. The second kappa shape index (κ2) is 5.78. The highest BCUT2D eigenvalue weighted by molar-refractivity contribution is 5.27. The molecule has 0 saturated carbocycles. The molecule has 1 atom stereocenters. The number of halogens is 1. The van der Waals surface area contributed by atoms with Gasteiger partial charge in [-0.3, -0.25) is 0 Å². The summed E-state index contributed by atoms with van der Waals surface area (Å²) in [6, 6.07) is 14.6. The third-order valence-electron chi connectivity index (χ3n) is 3.11. The van der Waals surface area contributed by atoms with Crippen molar-refractivity contribution < 1.29 is 9.50 Å². The van der Waals surface area contributed by atoms with Gasteiger partial charge >= 0.3 is 0 Å². The fraction of sp³-hybridized carbons (Fsp3) is 0.250. The van der Waals surface area contributed by atoms with Crippen LogP contribution in [0.2, 0.25) is 0 Å². The summed E-state index contributed by atoms with van der Waals surface area (Å²) in [7, 11) is 0. The Balaban J connectivity index is 2.19. The van der Waals surface area contributed by atoms with E-state index in [0.717, 1.165) is 12.0 Å². The van der Waals surface area contributed by atoms with E-state index in [2.05, 4.69) is 6.07 Å². The minimum Gasteiger partial charge on any atom is -0.396 e. The topological polar surface area (TPSA) is 20.2 Å². The summed E-state index contributed by atoms with van der Waals surface area (Å²) in [5, 5.41) is 9.48. The molecule has 0 aromatic heterocycles. The van der Waals surface area contributed by atoms with Crippen LogP contribution in [-0.4, -0.2) is 11.7 Å². The molecular formula is C16H17FO. The van der Waals surface area contributed by atoms with Gasteiger partial charge < -0.3 is 5.11 Å². The minimum absolute atomic E-state index is 0.0252. The van der Waals surface area contributed by atoms with Crippen molar-refractivity contribution in [1.82, 2.24) is 0 Å². The highest BCUT2D eigenvalue weighted by Crippen LogP contribution is 2.21. The van der Waals surface area contributed by atoms with Gasteiger partial charge in [-0.1, -0.05) is 42.0 Å². The highest BCUT2D eigenvalue weighted by Gasteiger charge is 2.12. The molecule has 0 amide bonds. The Bertz CT molecular complexity index is 522. The van der Waals surface area contributed by atoms with E-state index in [4.69, 9.17) is 0 Å². The van der Waals surface area contributed by atoms with Gasteiger partial charge in [0.05, 0.1) is 6.61 Å². The first-order chi connectivity index (χ1) is 8.69. The van der Waals surface area contributed by atoms with Crippen LogP contribution in [0.5, 0.6) is 0 Å². The Hall–Kier alpha value is -1.67. The summed E-state index contributed by atoms with van der Waals surface area (Å²) in [5.41, 5.74) is 3.21. The lowest BCUT2D eigenvalue weighted by atomic mass is 9.92. The fourth-order valence-electron chi connectivity index (χ4n) is 2.17. The van der Waals surface area contributed by atoms with E-state index < -0.39 is 0 Å². The van der Waals surface area contributed by atoms with Crippen LogP contribution in [0.1, 0.15) is 22.6 Å². The zero-order chi connectivity index (χ0) is 13.0. The van der Waals surface area contributed by atoms with Crippen LogP contribution >= 0.6 is 0 Å². The normalized spacial score (nSPS) is 12.4. The molecule has 18 heavy (non-hydrogen) atoms. The van der Waals surface area contributed by atoms with E-state index in [1.165, 1.54) is 23.3 Å². The van der Waals surface area contributed by atoms with E-state index in [1.54, 1.807) is 6.07 Å². The molecule has 2 aromatic rings. The van der Waals surface area contributed by atoms with Gasteiger partial charge in [0.1, 0.15) is 5.82 Å². The second-order valence-corrected chi connectivity index (χ2v) is 4.63. The van der Waals surface area contributed by atoms with Crippen molar-refractivity contribution in [1.29, 1.82) is 0 Å². The predicted octanol–water partition coefficient (Wildman–Crippen LogP) is 3.45. The Kier molecular flexibility index (Phi) is 4.11. The third-order valence-corrected chi connectivity index (χ3v) is 3.11. The number of benzene rings is 2. The van der Waals surface area contributed by atoms with Crippen molar-refractivity contribution >= 4 is 0 Å². The molecule has 1 unspecified atom stereocenters. The first-order valence-corrected chi connectivity index (χ1v) is 6.11. The Morgan fingerprint density at radius 1 is 1.11 bits per heavy atom. The first kappa shape index (κ1) is 12.8. The molecule has 0 aliphatic carbocycles. The van der Waals surface area contributed by atoms with Crippen LogP contribution in [0.4, 0.5) is 4.39 Å². The summed E-state index contributed by atoms with van der Waals surface area (Å²) in [6.07, 6.45) is 0.724. The molecule has 2 rings (SSSR count). The van der Waals surface area contributed by atoms with Crippen molar-refractivity contribution in [2.75, 3.05) is 6.61 Å². The fourth-order valence-corrected chi connectivity index (χ4v) is 2.17. The number of aliphatic hydroxyl groups excluding tert-OH is 1. The van der Waals surface area contributed by atoms with Gasteiger partial charge in [-0.05, 0) is 36.6 Å². The Labute approximate surface area is 107 Å². The molecule has 0 bridgehead atoms. The van der Waals surface area contributed by atoms with Gasteiger partial charge in [0, 0.05) is 5.92 Å². The van der Waals surface area contributed by atoms with Crippen LogP contribution in [0, 0.1) is 12.7 Å². The van der Waals surface area contributed by atoms with Crippen LogP contribution in [-0.2, 0) is 6.42 Å². The minimum atomic E-state index is -0.254. The van der Waals surface area contributed by atoms with Gasteiger partial charge in [-0.15, -0.1) is 0 Å². The molecular weight excluding hydrogens is 227 g/mol. The molecule has 0 aliphatic heterocycles. The van der Waals surface area contributed by atoms with Crippen molar-refractivity contribution in [2.45, 2.75) is 19.3 Å². The second-order valence-electron chi connectivity index (χ2n) is 4.63. The van der Waals surface area contributed by atoms with Crippen LogP contribution in [0.25, 0.3) is 0 Å². The number of rotatable bonds is 4. The number of hydrogen-bond donors (Lipinski definition) is 1. The van der Waals surface area contributed by atoms with Gasteiger partial charge in [-0.25, -0.2) is 4.39 Å². The molecule has 2 aromatic carbocycles. The predicted molar refractivity (Wildman–Crippen MR) is 71.1 cm³/mol. The first-order valence-electron chi connectivity index (χ1n) is 6.11. The lowest BCUT2D eigenvalue weighted by molar-refractivity contribution is 0.264. The number of aryl methyl sites for hydroxylation is 1. The smallest absolute Gasteiger partial charge is 0.123 e. The zero-order valence-electron chi connectivity index (χ0n) is 10.4. The molecule has 0 radical (unpaired) electrons. The molecule has 1 N–H and O–H groups in total. The van der Waals surface area contributed by atoms with E-state index in [0.29, 0.717) is 0 Å². The average Bonchev–Trinajstić information content (AvgIpc) is 2.36. The van der Waals surface area contributed by atoms with Gasteiger partial charge in [0.25, 0.3) is 0 Å². The highest BCUT2D eigenvalue weighted by atomic mass is 19.1. The molecule has 2 heteroatoms. The van der Waals surface area contributed by atoms with Crippen LogP contribution in [0.15, 0.2) is 48.5 Å². The summed E-state index contributed by atoms with van der Waals surface area (Å²) in [5.74, 6) is -0.308. The third kappa shape index (κ3) is 3.17. The van der Waals surface area contributed by atoms with Crippen LogP contribution in [0.3, 0.4) is 0 Å². The van der Waals surface area contributed by atoms with E-state index in [1.807, 2.05) is 31.2 Å². The summed E-state index contributed by atoms with van der Waals surface area (Å²) in [4.78, 5) is 0. The van der Waals surface area contributed by atoms with E-state index >= 15 is 0 Å². The zero-order valence-corrected chi connectivity index (χ0v) is 10.4. The van der Waals surface area contributed by atoms with Crippen molar-refractivity contribution in [3.63, 3.8) is 0 Å². The lowest BCUT2D eigenvalue weighted by Crippen LogP contribution is -2.08. The number of aliphatic hydroxyl groups is 1. The van der Waals surface area contributed by atoms with Crippen molar-refractivity contribution in [3.05, 3.63) is 71.0 Å². The molecule has 94 valence electrons. The quantitative estimate of drug-likeness (QED) is 0.873. The summed E-state index contributed by atoms with van der Waals surface area (Å²) in [6.45, 7) is 2.07. The maximum absolute atomic E-state index is 13.2. The standard InChI is InChI=1S/C16H17FO/c1-12-4-2-5-13(8-12)9-15(11-18)14-6-3-7-16(17)10-14/h2-8,10,15,18H,9,11H2,1H3. The molecule has 0 fully saturated rings. The molecule has 0 heterocycles. The molecule has 0 spiro atoms. The van der Waals surface area contributed by atoms with Gasteiger partial charge in [0.15, 0.2) is 0 Å². The van der Waals surface area contributed by atoms with Crippen molar-refractivity contribution in [3.8, 4) is 0 Å². The van der Waals surface area contributed by atoms with Crippen LogP contribution < -0.4 is 0 Å². The van der Waals surface area contributed by atoms with Gasteiger partial charge in [-0.2, -0.15) is 0 Å². The SMILES string of the molecule is Cc1cccc(CC(CO)c2cccc(F)c2)c1. The largest absolute Gasteiger partial charge is 0.396 e. The lowest BCUT2D eigenvalue weighted by Gasteiger charge is -2.15. The monoisotopic (exact) mass is 244 g/mol. The van der Waals surface area contributed by atoms with Gasteiger partial charge in [0.2, 0.25) is 0 Å². The molecule has 1 nitrogen and oxygen atoms in total. The Morgan fingerprint density at radius 2 is 1.89 bits per heavy atom. The average molecular weight is 244 g/mol. The summed E-state index contributed by atoms with van der Waals surface area (Å²) >= 11 is 0. The van der Waals surface area contributed by atoms with Crippen molar-refractivity contribution in [2.24, 2.45) is 0 Å². The summed E-state index contributed by atoms with van der Waals surface area (Å²) < 4.78 is 13.2.